The van der Waals surface area contributed by atoms with Crippen LogP contribution in [0.2, 0.25) is 0 Å². The highest BCUT2D eigenvalue weighted by Gasteiger charge is 2.44. The van der Waals surface area contributed by atoms with Gasteiger partial charge >= 0.3 is 5.97 Å². The number of aliphatic carboxylic acids is 1. The number of carboxylic acids is 1. The van der Waals surface area contributed by atoms with Gasteiger partial charge in [0.25, 0.3) is 0 Å². The average Bonchev–Trinajstić information content (AvgIpc) is 2.27. The lowest BCUT2D eigenvalue weighted by atomic mass is 9.69. The number of carbonyl (C=O) groups is 1. The monoisotopic (exact) mass is 236 g/mol. The van der Waals surface area contributed by atoms with E-state index in [0.29, 0.717) is 12.4 Å². The summed E-state index contributed by atoms with van der Waals surface area (Å²) in [6.45, 7) is 0.454. The number of ether oxygens (including phenoxy) is 1. The third-order valence-corrected chi connectivity index (χ3v) is 3.34. The summed E-state index contributed by atoms with van der Waals surface area (Å²) in [5, 5.41) is 12.3. The summed E-state index contributed by atoms with van der Waals surface area (Å²) in [6.07, 6.45) is 4.12. The molecule has 0 aromatic carbocycles. The summed E-state index contributed by atoms with van der Waals surface area (Å²) < 4.78 is 5.01. The SMILES string of the molecule is COc1cc(NCC2(C(=O)O)CCC2)ccn1. The van der Waals surface area contributed by atoms with Crippen LogP contribution in [0.5, 0.6) is 5.88 Å². The first kappa shape index (κ1) is 11.7. The van der Waals surface area contributed by atoms with E-state index < -0.39 is 11.4 Å². The van der Waals surface area contributed by atoms with E-state index in [1.54, 1.807) is 25.4 Å². The minimum atomic E-state index is -0.711. The van der Waals surface area contributed by atoms with Gasteiger partial charge < -0.3 is 15.2 Å². The molecule has 0 spiro atoms. The lowest BCUT2D eigenvalue weighted by Crippen LogP contribution is -2.43. The Labute approximate surface area is 99.8 Å². The van der Waals surface area contributed by atoms with Crippen molar-refractivity contribution in [2.24, 2.45) is 5.41 Å². The maximum Gasteiger partial charge on any atom is 0.311 e. The van der Waals surface area contributed by atoms with Gasteiger partial charge in [-0.05, 0) is 18.9 Å². The smallest absolute Gasteiger partial charge is 0.311 e. The second-order valence-corrected chi connectivity index (χ2v) is 4.38. The molecule has 1 aliphatic carbocycles. The van der Waals surface area contributed by atoms with E-state index in [1.165, 1.54) is 0 Å². The van der Waals surface area contributed by atoms with Crippen LogP contribution in [0.15, 0.2) is 18.3 Å². The van der Waals surface area contributed by atoms with Crippen LogP contribution in [-0.2, 0) is 4.79 Å². The number of nitrogens with one attached hydrogen (secondary N) is 1. The van der Waals surface area contributed by atoms with Gasteiger partial charge in [0.1, 0.15) is 0 Å². The highest BCUT2D eigenvalue weighted by Crippen LogP contribution is 2.41. The van der Waals surface area contributed by atoms with Gasteiger partial charge in [0.15, 0.2) is 0 Å². The minimum absolute atomic E-state index is 0.454. The van der Waals surface area contributed by atoms with E-state index in [1.807, 2.05) is 0 Å². The van der Waals surface area contributed by atoms with E-state index in [-0.39, 0.29) is 0 Å². The number of methoxy groups -OCH3 is 1. The van der Waals surface area contributed by atoms with E-state index in [9.17, 15) is 9.90 Å². The van der Waals surface area contributed by atoms with Crippen molar-refractivity contribution in [2.75, 3.05) is 19.0 Å². The van der Waals surface area contributed by atoms with Gasteiger partial charge in [-0.2, -0.15) is 0 Å². The lowest BCUT2D eigenvalue weighted by molar-refractivity contribution is -0.153. The van der Waals surface area contributed by atoms with E-state index in [0.717, 1.165) is 24.9 Å². The van der Waals surface area contributed by atoms with Crippen LogP contribution >= 0.6 is 0 Å². The van der Waals surface area contributed by atoms with Crippen molar-refractivity contribution in [3.05, 3.63) is 18.3 Å². The molecular formula is C12H16N2O3. The van der Waals surface area contributed by atoms with Crippen LogP contribution in [-0.4, -0.2) is 29.7 Å². The fraction of sp³-hybridized carbons (Fsp3) is 0.500. The van der Waals surface area contributed by atoms with Gasteiger partial charge in [-0.1, -0.05) is 6.42 Å². The zero-order valence-corrected chi connectivity index (χ0v) is 9.77. The Morgan fingerprint density at radius 3 is 2.94 bits per heavy atom. The molecule has 0 saturated heterocycles. The third kappa shape index (κ3) is 2.33. The fourth-order valence-electron chi connectivity index (χ4n) is 1.97. The summed E-state index contributed by atoms with van der Waals surface area (Å²) in [7, 11) is 1.55. The number of pyridine rings is 1. The molecule has 17 heavy (non-hydrogen) atoms. The van der Waals surface area contributed by atoms with Crippen molar-refractivity contribution < 1.29 is 14.6 Å². The molecule has 92 valence electrons. The summed E-state index contributed by atoms with van der Waals surface area (Å²) in [4.78, 5) is 15.2. The number of carboxylic acid groups (broad SMARTS) is 1. The number of hydrogen-bond acceptors (Lipinski definition) is 4. The maximum absolute atomic E-state index is 11.2. The standard InChI is InChI=1S/C12H16N2O3/c1-17-10-7-9(3-6-13-10)14-8-12(11(15)16)4-2-5-12/h3,6-7H,2,4-5,8H2,1H3,(H,13,14)(H,15,16). The van der Waals surface area contributed by atoms with E-state index >= 15 is 0 Å². The predicted molar refractivity (Wildman–Crippen MR) is 63.2 cm³/mol. The van der Waals surface area contributed by atoms with Gasteiger partial charge in [0.05, 0.1) is 12.5 Å². The predicted octanol–water partition coefficient (Wildman–Crippen LogP) is 1.76. The number of nitrogens with zero attached hydrogens (tertiary/aromatic N) is 1. The molecule has 0 unspecified atom stereocenters. The molecule has 1 aliphatic rings. The van der Waals surface area contributed by atoms with Crippen molar-refractivity contribution >= 4 is 11.7 Å². The first-order chi connectivity index (χ1) is 8.16. The van der Waals surface area contributed by atoms with Crippen molar-refractivity contribution in [1.82, 2.24) is 4.98 Å². The number of hydrogen-bond donors (Lipinski definition) is 2. The van der Waals surface area contributed by atoms with Crippen LogP contribution in [0, 0.1) is 5.41 Å². The Balaban J connectivity index is 1.99. The van der Waals surface area contributed by atoms with Gasteiger partial charge in [-0.15, -0.1) is 0 Å². The maximum atomic E-state index is 11.2. The molecule has 2 rings (SSSR count). The molecule has 2 N–H and O–H groups in total. The van der Waals surface area contributed by atoms with Crippen molar-refractivity contribution in [3.63, 3.8) is 0 Å². The average molecular weight is 236 g/mol. The second kappa shape index (κ2) is 4.61. The topological polar surface area (TPSA) is 71.5 Å². The molecule has 1 heterocycles. The lowest BCUT2D eigenvalue weighted by Gasteiger charge is -2.37. The van der Waals surface area contributed by atoms with Crippen LogP contribution in [0.3, 0.4) is 0 Å². The van der Waals surface area contributed by atoms with Gasteiger partial charge in [-0.3, -0.25) is 4.79 Å². The van der Waals surface area contributed by atoms with E-state index in [4.69, 9.17) is 4.74 Å². The highest BCUT2D eigenvalue weighted by molar-refractivity contribution is 5.76. The Bertz CT molecular complexity index is 416. The molecule has 1 saturated carbocycles. The number of anilines is 1. The molecule has 0 radical (unpaired) electrons. The Hall–Kier alpha value is -1.78. The van der Waals surface area contributed by atoms with Gasteiger partial charge in [0.2, 0.25) is 5.88 Å². The molecule has 0 aliphatic heterocycles. The largest absolute Gasteiger partial charge is 0.481 e. The summed E-state index contributed by atoms with van der Waals surface area (Å²) in [5.74, 6) is -0.190. The van der Waals surface area contributed by atoms with Crippen LogP contribution in [0.4, 0.5) is 5.69 Å². The van der Waals surface area contributed by atoms with Crippen molar-refractivity contribution in [2.45, 2.75) is 19.3 Å². The number of rotatable bonds is 5. The van der Waals surface area contributed by atoms with Crippen LogP contribution in [0.1, 0.15) is 19.3 Å². The highest BCUT2D eigenvalue weighted by atomic mass is 16.5. The zero-order valence-electron chi connectivity index (χ0n) is 9.77. The summed E-state index contributed by atoms with van der Waals surface area (Å²) in [5.41, 5.74) is 0.251. The van der Waals surface area contributed by atoms with Gasteiger partial charge in [0, 0.05) is 24.5 Å². The van der Waals surface area contributed by atoms with Crippen LogP contribution in [0.25, 0.3) is 0 Å². The molecule has 0 amide bonds. The molecule has 0 bridgehead atoms. The normalized spacial score (nSPS) is 17.0. The Morgan fingerprint density at radius 2 is 2.41 bits per heavy atom. The Morgan fingerprint density at radius 1 is 1.65 bits per heavy atom. The number of aromatic nitrogens is 1. The molecule has 0 atom stereocenters. The quantitative estimate of drug-likeness (QED) is 0.815. The first-order valence-corrected chi connectivity index (χ1v) is 5.64. The van der Waals surface area contributed by atoms with Crippen molar-refractivity contribution in [1.29, 1.82) is 0 Å². The zero-order chi connectivity index (χ0) is 12.3. The molecule has 5 heteroatoms. The molecule has 1 aromatic rings. The molecular weight excluding hydrogens is 220 g/mol. The van der Waals surface area contributed by atoms with Crippen molar-refractivity contribution in [3.8, 4) is 5.88 Å². The summed E-state index contributed by atoms with van der Waals surface area (Å²) >= 11 is 0. The van der Waals surface area contributed by atoms with E-state index in [2.05, 4.69) is 10.3 Å². The first-order valence-electron chi connectivity index (χ1n) is 5.64. The fourth-order valence-corrected chi connectivity index (χ4v) is 1.97. The van der Waals surface area contributed by atoms with Gasteiger partial charge in [-0.25, -0.2) is 4.98 Å². The summed E-state index contributed by atoms with van der Waals surface area (Å²) in [6, 6.07) is 3.56. The van der Waals surface area contributed by atoms with Crippen LogP contribution < -0.4 is 10.1 Å². The minimum Gasteiger partial charge on any atom is -0.481 e. The molecule has 1 aromatic heterocycles. The molecule has 5 nitrogen and oxygen atoms in total. The Kier molecular flexibility index (Phi) is 3.17. The molecule has 1 fully saturated rings. The third-order valence-electron chi connectivity index (χ3n) is 3.34. The second-order valence-electron chi connectivity index (χ2n) is 4.38.